The first-order chi connectivity index (χ1) is 13.0. The van der Waals surface area contributed by atoms with Crippen LogP contribution in [0, 0.1) is 5.82 Å². The maximum absolute atomic E-state index is 13.1. The van der Waals surface area contributed by atoms with E-state index in [0.29, 0.717) is 17.2 Å². The van der Waals surface area contributed by atoms with Crippen molar-refractivity contribution < 1.29 is 19.0 Å². The zero-order valence-corrected chi connectivity index (χ0v) is 14.7. The van der Waals surface area contributed by atoms with Gasteiger partial charge >= 0.3 is 5.97 Å². The summed E-state index contributed by atoms with van der Waals surface area (Å²) in [7, 11) is 1.37. The molecule has 0 amide bonds. The molecule has 1 aromatic heterocycles. The van der Waals surface area contributed by atoms with Crippen molar-refractivity contribution >= 4 is 29.3 Å². The molecule has 10 heteroatoms. The third-order valence-corrected chi connectivity index (χ3v) is 3.87. The molecule has 0 fully saturated rings. The molecule has 0 unspecified atom stereocenters. The molecule has 0 aliphatic carbocycles. The number of rotatable bonds is 6. The van der Waals surface area contributed by atoms with E-state index in [4.69, 9.17) is 21.4 Å². The van der Waals surface area contributed by atoms with Crippen LogP contribution < -0.4 is 10.1 Å². The monoisotopic (exact) mass is 389 g/mol. The van der Waals surface area contributed by atoms with Gasteiger partial charge in [0.05, 0.1) is 23.5 Å². The minimum absolute atomic E-state index is 0.0442. The second-order valence-electron chi connectivity index (χ2n) is 5.24. The van der Waals surface area contributed by atoms with Gasteiger partial charge in [0.15, 0.2) is 5.82 Å². The molecule has 2 N–H and O–H groups in total. The fourth-order valence-corrected chi connectivity index (χ4v) is 2.49. The Kier molecular flexibility index (Phi) is 5.32. The number of nitrogens with zero attached hydrogens (tertiary/aromatic N) is 4. The first kappa shape index (κ1) is 18.3. The smallest absolute Gasteiger partial charge is 0.339 e. The first-order valence-electron chi connectivity index (χ1n) is 7.58. The number of anilines is 1. The summed E-state index contributed by atoms with van der Waals surface area (Å²) < 4.78 is 19.5. The van der Waals surface area contributed by atoms with Gasteiger partial charge in [0, 0.05) is 18.3 Å². The number of hydrogen-bond acceptors (Lipinski definition) is 6. The van der Waals surface area contributed by atoms with Crippen molar-refractivity contribution in [2.24, 2.45) is 0 Å². The Balaban J connectivity index is 1.82. The molecular formula is C17H13ClFN5O3. The predicted molar refractivity (Wildman–Crippen MR) is 96.7 cm³/mol. The van der Waals surface area contributed by atoms with E-state index in [9.17, 15) is 9.18 Å². The number of tetrazole rings is 1. The molecule has 27 heavy (non-hydrogen) atoms. The summed E-state index contributed by atoms with van der Waals surface area (Å²) in [6.07, 6.45) is 3.12. The van der Waals surface area contributed by atoms with Crippen LogP contribution in [0.2, 0.25) is 5.02 Å². The molecule has 0 aliphatic rings. The van der Waals surface area contributed by atoms with E-state index >= 15 is 0 Å². The first-order valence-corrected chi connectivity index (χ1v) is 7.95. The van der Waals surface area contributed by atoms with Gasteiger partial charge in [-0.2, -0.15) is 4.68 Å². The van der Waals surface area contributed by atoms with Crippen LogP contribution in [0.15, 0.2) is 42.6 Å². The van der Waals surface area contributed by atoms with E-state index in [2.05, 4.69) is 20.8 Å². The average Bonchev–Trinajstić information content (AvgIpc) is 3.11. The van der Waals surface area contributed by atoms with Gasteiger partial charge in [-0.05, 0) is 40.8 Å². The fraction of sp³-hybridized carbons (Fsp3) is 0.0588. The number of halogens is 2. The lowest BCUT2D eigenvalue weighted by Gasteiger charge is -2.10. The van der Waals surface area contributed by atoms with Gasteiger partial charge in [0.2, 0.25) is 0 Å². The highest BCUT2D eigenvalue weighted by Crippen LogP contribution is 2.31. The van der Waals surface area contributed by atoms with Crippen LogP contribution in [-0.2, 0) is 0 Å². The van der Waals surface area contributed by atoms with Crippen molar-refractivity contribution in [3.63, 3.8) is 0 Å². The highest BCUT2D eigenvalue weighted by molar-refractivity contribution is 6.33. The number of carboxylic acids is 1. The normalized spacial score (nSPS) is 10.9. The van der Waals surface area contributed by atoms with Gasteiger partial charge in [-0.15, -0.1) is 5.10 Å². The highest BCUT2D eigenvalue weighted by atomic mass is 35.5. The summed E-state index contributed by atoms with van der Waals surface area (Å²) in [6, 6.07) is 8.46. The lowest BCUT2D eigenvalue weighted by atomic mass is 10.2. The number of hydrogen-bond donors (Lipinski definition) is 2. The largest absolute Gasteiger partial charge is 0.496 e. The quantitative estimate of drug-likeness (QED) is 0.667. The zero-order chi connectivity index (χ0) is 19.4. The van der Waals surface area contributed by atoms with E-state index in [1.165, 1.54) is 42.3 Å². The van der Waals surface area contributed by atoms with Crippen LogP contribution in [0.25, 0.3) is 11.8 Å². The van der Waals surface area contributed by atoms with Gasteiger partial charge in [0.1, 0.15) is 17.1 Å². The van der Waals surface area contributed by atoms with Crippen molar-refractivity contribution in [3.8, 4) is 11.4 Å². The minimum atomic E-state index is -1.14. The number of aromatic nitrogens is 4. The van der Waals surface area contributed by atoms with E-state index in [1.807, 2.05) is 0 Å². The van der Waals surface area contributed by atoms with Crippen molar-refractivity contribution in [1.82, 2.24) is 20.2 Å². The third-order valence-electron chi connectivity index (χ3n) is 3.56. The summed E-state index contributed by atoms with van der Waals surface area (Å²) in [6.45, 7) is 0. The third kappa shape index (κ3) is 4.04. The lowest BCUT2D eigenvalue weighted by Crippen LogP contribution is -2.02. The maximum Gasteiger partial charge on any atom is 0.339 e. The summed E-state index contributed by atoms with van der Waals surface area (Å²) in [4.78, 5) is 11.2. The maximum atomic E-state index is 13.1. The fourth-order valence-electron chi connectivity index (χ4n) is 2.27. The average molecular weight is 390 g/mol. The molecule has 0 saturated carbocycles. The van der Waals surface area contributed by atoms with Gasteiger partial charge in [-0.1, -0.05) is 11.6 Å². The standard InChI is InChI=1S/C17H13ClFN5O3/c1-27-15-9-14(13(18)8-12(15)17(25)26)20-7-6-16-21-22-23-24(16)11-4-2-10(19)3-5-11/h2-9,20H,1H3,(H,25,26)/b7-6+. The summed E-state index contributed by atoms with van der Waals surface area (Å²) >= 11 is 6.11. The van der Waals surface area contributed by atoms with Crippen LogP contribution in [0.3, 0.4) is 0 Å². The van der Waals surface area contributed by atoms with Gasteiger partial charge < -0.3 is 15.2 Å². The second-order valence-corrected chi connectivity index (χ2v) is 5.65. The van der Waals surface area contributed by atoms with E-state index in [1.54, 1.807) is 18.2 Å². The van der Waals surface area contributed by atoms with E-state index in [0.717, 1.165) is 0 Å². The molecule has 3 rings (SSSR count). The molecule has 0 bridgehead atoms. The number of carboxylic acid groups (broad SMARTS) is 1. The Morgan fingerprint density at radius 2 is 2.07 bits per heavy atom. The van der Waals surface area contributed by atoms with E-state index in [-0.39, 0.29) is 22.2 Å². The summed E-state index contributed by atoms with van der Waals surface area (Å²) in [5.41, 5.74) is 0.986. The molecule has 0 spiro atoms. The van der Waals surface area contributed by atoms with Gasteiger partial charge in [-0.3, -0.25) is 0 Å². The Morgan fingerprint density at radius 1 is 1.33 bits per heavy atom. The minimum Gasteiger partial charge on any atom is -0.496 e. The molecule has 2 aromatic carbocycles. The van der Waals surface area contributed by atoms with Crippen LogP contribution in [0.4, 0.5) is 10.1 Å². The molecule has 0 radical (unpaired) electrons. The molecule has 0 saturated heterocycles. The van der Waals surface area contributed by atoms with Crippen molar-refractivity contribution in [2.75, 3.05) is 12.4 Å². The highest BCUT2D eigenvalue weighted by Gasteiger charge is 2.14. The number of carbonyl (C=O) groups is 1. The molecule has 8 nitrogen and oxygen atoms in total. The Morgan fingerprint density at radius 3 is 2.74 bits per heavy atom. The Hall–Kier alpha value is -3.46. The van der Waals surface area contributed by atoms with Gasteiger partial charge in [0.25, 0.3) is 0 Å². The lowest BCUT2D eigenvalue weighted by molar-refractivity contribution is 0.0693. The molecule has 138 valence electrons. The topological polar surface area (TPSA) is 102 Å². The second kappa shape index (κ2) is 7.83. The number of methoxy groups -OCH3 is 1. The van der Waals surface area contributed by atoms with Crippen molar-refractivity contribution in [3.05, 3.63) is 64.8 Å². The van der Waals surface area contributed by atoms with Gasteiger partial charge in [-0.25, -0.2) is 9.18 Å². The number of benzene rings is 2. The molecule has 0 aliphatic heterocycles. The van der Waals surface area contributed by atoms with Crippen molar-refractivity contribution in [1.29, 1.82) is 0 Å². The molecule has 3 aromatic rings. The summed E-state index contributed by atoms with van der Waals surface area (Å²) in [5, 5.41) is 23.6. The zero-order valence-electron chi connectivity index (χ0n) is 13.9. The number of aromatic carboxylic acids is 1. The molecule has 1 heterocycles. The predicted octanol–water partition coefficient (Wildman–Crippen LogP) is 3.24. The van der Waals surface area contributed by atoms with Crippen LogP contribution in [-0.4, -0.2) is 38.4 Å². The van der Waals surface area contributed by atoms with E-state index < -0.39 is 5.97 Å². The van der Waals surface area contributed by atoms with Crippen LogP contribution >= 0.6 is 11.6 Å². The van der Waals surface area contributed by atoms with Crippen molar-refractivity contribution in [2.45, 2.75) is 0 Å². The van der Waals surface area contributed by atoms with Crippen LogP contribution in [0.5, 0.6) is 5.75 Å². The molecular weight excluding hydrogens is 377 g/mol. The number of ether oxygens (including phenoxy) is 1. The number of nitrogens with one attached hydrogen (secondary N) is 1. The van der Waals surface area contributed by atoms with Crippen LogP contribution in [0.1, 0.15) is 16.2 Å². The summed E-state index contributed by atoms with van der Waals surface area (Å²) in [5.74, 6) is -0.952. The molecule has 0 atom stereocenters. The Bertz CT molecular complexity index is 1000. The SMILES string of the molecule is COc1cc(N/C=C/c2nnnn2-c2ccc(F)cc2)c(Cl)cc1C(=O)O. The Labute approximate surface area is 157 Å².